The molecule has 0 spiro atoms. The Morgan fingerprint density at radius 3 is 2.84 bits per heavy atom. The number of nitro benzene ring substituents is 1. The summed E-state index contributed by atoms with van der Waals surface area (Å²) in [6, 6.07) is 5.84. The van der Waals surface area contributed by atoms with Gasteiger partial charge in [-0.1, -0.05) is 12.1 Å². The molecule has 104 valence electrons. The first-order chi connectivity index (χ1) is 9.04. The molecule has 1 aliphatic rings. The van der Waals surface area contributed by atoms with Crippen LogP contribution in [0.4, 0.5) is 11.4 Å². The summed E-state index contributed by atoms with van der Waals surface area (Å²) in [6.45, 7) is 5.36. The fourth-order valence-corrected chi connectivity index (χ4v) is 2.82. The van der Waals surface area contributed by atoms with Gasteiger partial charge in [0.25, 0.3) is 5.69 Å². The highest BCUT2D eigenvalue weighted by Crippen LogP contribution is 2.35. The van der Waals surface area contributed by atoms with Gasteiger partial charge in [-0.3, -0.25) is 10.1 Å². The lowest BCUT2D eigenvalue weighted by atomic mass is 9.92. The van der Waals surface area contributed by atoms with Gasteiger partial charge in [-0.15, -0.1) is 0 Å². The molecule has 0 aliphatic carbocycles. The van der Waals surface area contributed by atoms with Gasteiger partial charge < -0.3 is 10.6 Å². The van der Waals surface area contributed by atoms with E-state index >= 15 is 0 Å². The predicted octanol–water partition coefficient (Wildman–Crippen LogP) is 2.47. The van der Waals surface area contributed by atoms with Gasteiger partial charge in [-0.25, -0.2) is 0 Å². The van der Waals surface area contributed by atoms with E-state index < -0.39 is 0 Å². The molecular weight excluding hydrogens is 242 g/mol. The Bertz CT molecular complexity index is 476. The number of rotatable bonds is 3. The molecule has 2 N–H and O–H groups in total. The third-order valence-corrected chi connectivity index (χ3v) is 4.02. The summed E-state index contributed by atoms with van der Waals surface area (Å²) < 4.78 is 0. The number of benzene rings is 1. The molecule has 2 unspecified atom stereocenters. The molecule has 1 aromatic rings. The second kappa shape index (κ2) is 5.57. The molecule has 2 rings (SSSR count). The number of aryl methyl sites for hydroxylation is 1. The summed E-state index contributed by atoms with van der Waals surface area (Å²) in [6.07, 6.45) is 2.14. The number of hydrogen-bond donors (Lipinski definition) is 1. The quantitative estimate of drug-likeness (QED) is 0.671. The van der Waals surface area contributed by atoms with Gasteiger partial charge in [0.1, 0.15) is 5.69 Å². The van der Waals surface area contributed by atoms with Gasteiger partial charge in [0, 0.05) is 18.2 Å². The van der Waals surface area contributed by atoms with Crippen molar-refractivity contribution in [1.29, 1.82) is 0 Å². The lowest BCUT2D eigenvalue weighted by molar-refractivity contribution is -0.384. The minimum absolute atomic E-state index is 0.229. The predicted molar refractivity (Wildman–Crippen MR) is 76.4 cm³/mol. The lowest BCUT2D eigenvalue weighted by Crippen LogP contribution is -2.44. The SMILES string of the molecule is Cc1cccc(N2CC(CN)CCC2C)c1[N+](=O)[O-]. The van der Waals surface area contributed by atoms with E-state index in [9.17, 15) is 10.1 Å². The number of hydrogen-bond acceptors (Lipinski definition) is 4. The fourth-order valence-electron chi connectivity index (χ4n) is 2.82. The Morgan fingerprint density at radius 1 is 1.47 bits per heavy atom. The molecule has 5 nitrogen and oxygen atoms in total. The molecule has 1 fully saturated rings. The minimum atomic E-state index is -0.274. The van der Waals surface area contributed by atoms with Crippen LogP contribution in [0.15, 0.2) is 18.2 Å². The molecule has 1 saturated heterocycles. The normalized spacial score (nSPS) is 23.4. The summed E-state index contributed by atoms with van der Waals surface area (Å²) in [7, 11) is 0. The van der Waals surface area contributed by atoms with E-state index in [4.69, 9.17) is 5.73 Å². The number of nitro groups is 1. The maximum Gasteiger partial charge on any atom is 0.295 e. The van der Waals surface area contributed by atoms with Crippen molar-refractivity contribution in [2.24, 2.45) is 11.7 Å². The van der Waals surface area contributed by atoms with Crippen molar-refractivity contribution in [2.75, 3.05) is 18.0 Å². The number of para-hydroxylation sites is 1. The summed E-state index contributed by atoms with van der Waals surface area (Å²) >= 11 is 0. The van der Waals surface area contributed by atoms with Crippen molar-refractivity contribution in [2.45, 2.75) is 32.7 Å². The van der Waals surface area contributed by atoms with Gasteiger partial charge in [0.15, 0.2) is 0 Å². The number of nitrogens with zero attached hydrogens (tertiary/aromatic N) is 2. The molecule has 0 amide bonds. The summed E-state index contributed by atoms with van der Waals surface area (Å²) in [5.74, 6) is 0.427. The zero-order valence-electron chi connectivity index (χ0n) is 11.5. The van der Waals surface area contributed by atoms with E-state index in [1.54, 1.807) is 13.0 Å². The molecule has 0 saturated carbocycles. The second-order valence-electron chi connectivity index (χ2n) is 5.38. The zero-order valence-corrected chi connectivity index (χ0v) is 11.5. The molecule has 5 heteroatoms. The zero-order chi connectivity index (χ0) is 14.0. The van der Waals surface area contributed by atoms with Crippen molar-refractivity contribution in [3.05, 3.63) is 33.9 Å². The van der Waals surface area contributed by atoms with Crippen molar-refractivity contribution in [3.63, 3.8) is 0 Å². The van der Waals surface area contributed by atoms with Crippen LogP contribution in [0, 0.1) is 23.0 Å². The molecule has 1 heterocycles. The molecule has 0 radical (unpaired) electrons. The summed E-state index contributed by atoms with van der Waals surface area (Å²) in [5, 5.41) is 11.3. The minimum Gasteiger partial charge on any atom is -0.363 e. The van der Waals surface area contributed by atoms with Gasteiger partial charge in [-0.05, 0) is 45.2 Å². The highest BCUT2D eigenvalue weighted by atomic mass is 16.6. The molecule has 1 aliphatic heterocycles. The monoisotopic (exact) mass is 263 g/mol. The molecule has 19 heavy (non-hydrogen) atoms. The number of piperidine rings is 1. The highest BCUT2D eigenvalue weighted by molar-refractivity contribution is 5.67. The van der Waals surface area contributed by atoms with Crippen LogP contribution >= 0.6 is 0 Å². The van der Waals surface area contributed by atoms with E-state index in [1.807, 2.05) is 12.1 Å². The van der Waals surface area contributed by atoms with E-state index in [0.29, 0.717) is 24.1 Å². The first-order valence-corrected chi connectivity index (χ1v) is 6.75. The van der Waals surface area contributed by atoms with E-state index in [0.717, 1.165) is 25.1 Å². The molecule has 2 atom stereocenters. The number of nitrogens with two attached hydrogens (primary N) is 1. The van der Waals surface area contributed by atoms with Crippen LogP contribution in [0.2, 0.25) is 0 Å². The standard InChI is InChI=1S/C14H21N3O2/c1-10-4-3-5-13(14(10)17(18)19)16-9-12(8-15)7-6-11(16)2/h3-5,11-12H,6-9,15H2,1-2H3. The Labute approximate surface area is 113 Å². The second-order valence-corrected chi connectivity index (χ2v) is 5.38. The average molecular weight is 263 g/mol. The molecule has 0 aromatic heterocycles. The largest absolute Gasteiger partial charge is 0.363 e. The van der Waals surface area contributed by atoms with Crippen molar-refractivity contribution in [1.82, 2.24) is 0 Å². The lowest BCUT2D eigenvalue weighted by Gasteiger charge is -2.39. The number of anilines is 1. The Balaban J connectivity index is 2.39. The van der Waals surface area contributed by atoms with Gasteiger partial charge in [-0.2, -0.15) is 0 Å². The van der Waals surface area contributed by atoms with Crippen LogP contribution in [0.25, 0.3) is 0 Å². The first-order valence-electron chi connectivity index (χ1n) is 6.75. The van der Waals surface area contributed by atoms with Gasteiger partial charge >= 0.3 is 0 Å². The molecule has 0 bridgehead atoms. The van der Waals surface area contributed by atoms with Crippen LogP contribution < -0.4 is 10.6 Å². The summed E-state index contributed by atoms with van der Waals surface area (Å²) in [5.41, 5.74) is 7.43. The topological polar surface area (TPSA) is 72.4 Å². The smallest absolute Gasteiger partial charge is 0.295 e. The Hall–Kier alpha value is -1.62. The fraction of sp³-hybridized carbons (Fsp3) is 0.571. The van der Waals surface area contributed by atoms with Crippen LogP contribution in [-0.2, 0) is 0 Å². The van der Waals surface area contributed by atoms with Crippen molar-refractivity contribution >= 4 is 11.4 Å². The highest BCUT2D eigenvalue weighted by Gasteiger charge is 2.30. The summed E-state index contributed by atoms with van der Waals surface area (Å²) in [4.78, 5) is 13.2. The van der Waals surface area contributed by atoms with Gasteiger partial charge in [0.2, 0.25) is 0 Å². The van der Waals surface area contributed by atoms with Crippen molar-refractivity contribution < 1.29 is 4.92 Å². The van der Waals surface area contributed by atoms with E-state index in [1.165, 1.54) is 0 Å². The van der Waals surface area contributed by atoms with E-state index in [2.05, 4.69) is 11.8 Å². The maximum atomic E-state index is 11.3. The maximum absolute atomic E-state index is 11.3. The van der Waals surface area contributed by atoms with E-state index in [-0.39, 0.29) is 10.6 Å². The molecule has 1 aromatic carbocycles. The third kappa shape index (κ3) is 2.71. The first kappa shape index (κ1) is 13.8. The Kier molecular flexibility index (Phi) is 4.04. The average Bonchev–Trinajstić information content (AvgIpc) is 2.38. The van der Waals surface area contributed by atoms with Gasteiger partial charge in [0.05, 0.1) is 4.92 Å². The van der Waals surface area contributed by atoms with Crippen LogP contribution in [0.5, 0.6) is 0 Å². The van der Waals surface area contributed by atoms with Crippen molar-refractivity contribution in [3.8, 4) is 0 Å². The Morgan fingerprint density at radius 2 is 2.21 bits per heavy atom. The third-order valence-electron chi connectivity index (χ3n) is 4.02. The van der Waals surface area contributed by atoms with Crippen LogP contribution in [0.1, 0.15) is 25.3 Å². The van der Waals surface area contributed by atoms with Crippen LogP contribution in [-0.4, -0.2) is 24.1 Å². The molecular formula is C14H21N3O2. The van der Waals surface area contributed by atoms with Crippen LogP contribution in [0.3, 0.4) is 0 Å².